The van der Waals surface area contributed by atoms with Crippen LogP contribution in [0.1, 0.15) is 5.69 Å². The molecule has 0 amide bonds. The minimum atomic E-state index is 0.681. The number of aromatic nitrogens is 1. The van der Waals surface area contributed by atoms with E-state index in [4.69, 9.17) is 4.42 Å². The predicted molar refractivity (Wildman–Crippen MR) is 75.7 cm³/mol. The van der Waals surface area contributed by atoms with Gasteiger partial charge < -0.3 is 9.73 Å². The number of nitrogens with zero attached hydrogens (tertiary/aromatic N) is 1. The Labute approximate surface area is 111 Å². The monoisotopic (exact) mass is 250 g/mol. The average Bonchev–Trinajstić information content (AvgIpc) is 2.95. The largest absolute Gasteiger partial charge is 0.462 e. The van der Waals surface area contributed by atoms with Crippen molar-refractivity contribution < 1.29 is 4.42 Å². The molecule has 0 spiro atoms. The minimum absolute atomic E-state index is 0.681. The standard InChI is InChI=1S/C16H14N2O/c1-2-6-13(7-3-1)16-15(9-11-19-16)18-12-14-8-4-5-10-17-14/h1-11,18H,12H2. The van der Waals surface area contributed by atoms with Gasteiger partial charge in [0, 0.05) is 17.8 Å². The molecule has 0 bridgehead atoms. The lowest BCUT2D eigenvalue weighted by molar-refractivity contribution is 0.583. The zero-order valence-electron chi connectivity index (χ0n) is 10.4. The maximum atomic E-state index is 5.56. The zero-order valence-corrected chi connectivity index (χ0v) is 10.4. The quantitative estimate of drug-likeness (QED) is 0.761. The summed E-state index contributed by atoms with van der Waals surface area (Å²) >= 11 is 0. The summed E-state index contributed by atoms with van der Waals surface area (Å²) in [6, 6.07) is 17.9. The first-order chi connectivity index (χ1) is 9.43. The molecule has 1 aromatic carbocycles. The van der Waals surface area contributed by atoms with Crippen LogP contribution in [0.5, 0.6) is 0 Å². The van der Waals surface area contributed by atoms with Crippen molar-refractivity contribution in [2.45, 2.75) is 6.54 Å². The van der Waals surface area contributed by atoms with E-state index in [1.165, 1.54) is 0 Å². The molecule has 3 heteroatoms. The molecular weight excluding hydrogens is 236 g/mol. The Morgan fingerprint density at radius 1 is 0.947 bits per heavy atom. The first kappa shape index (κ1) is 11.5. The van der Waals surface area contributed by atoms with E-state index in [1.54, 1.807) is 12.5 Å². The van der Waals surface area contributed by atoms with E-state index in [1.807, 2.05) is 54.6 Å². The Morgan fingerprint density at radius 3 is 2.58 bits per heavy atom. The third-order valence-electron chi connectivity index (χ3n) is 2.89. The fraction of sp³-hybridized carbons (Fsp3) is 0.0625. The molecular formula is C16H14N2O. The molecule has 2 aromatic heterocycles. The van der Waals surface area contributed by atoms with E-state index in [-0.39, 0.29) is 0 Å². The van der Waals surface area contributed by atoms with E-state index in [2.05, 4.69) is 10.3 Å². The van der Waals surface area contributed by atoms with Gasteiger partial charge in [0.15, 0.2) is 5.76 Å². The Morgan fingerprint density at radius 2 is 1.79 bits per heavy atom. The molecule has 0 aliphatic carbocycles. The predicted octanol–water partition coefficient (Wildman–Crippen LogP) is 3.95. The highest BCUT2D eigenvalue weighted by molar-refractivity contribution is 5.72. The van der Waals surface area contributed by atoms with Gasteiger partial charge in [-0.2, -0.15) is 0 Å². The van der Waals surface area contributed by atoms with Gasteiger partial charge in [-0.05, 0) is 12.1 Å². The van der Waals surface area contributed by atoms with Crippen LogP contribution in [0.15, 0.2) is 71.5 Å². The summed E-state index contributed by atoms with van der Waals surface area (Å²) in [5.74, 6) is 0.858. The van der Waals surface area contributed by atoms with E-state index in [9.17, 15) is 0 Å². The summed E-state index contributed by atoms with van der Waals surface area (Å²) < 4.78 is 5.56. The molecule has 0 radical (unpaired) electrons. The molecule has 0 atom stereocenters. The fourth-order valence-electron chi connectivity index (χ4n) is 1.95. The van der Waals surface area contributed by atoms with Crippen molar-refractivity contribution in [3.63, 3.8) is 0 Å². The van der Waals surface area contributed by atoms with Crippen molar-refractivity contribution in [2.75, 3.05) is 5.32 Å². The number of hydrogen-bond acceptors (Lipinski definition) is 3. The van der Waals surface area contributed by atoms with Gasteiger partial charge in [-0.1, -0.05) is 36.4 Å². The van der Waals surface area contributed by atoms with Crippen LogP contribution in [0.25, 0.3) is 11.3 Å². The van der Waals surface area contributed by atoms with Gasteiger partial charge in [0.1, 0.15) is 0 Å². The molecule has 0 aliphatic heterocycles. The maximum Gasteiger partial charge on any atom is 0.156 e. The lowest BCUT2D eigenvalue weighted by Gasteiger charge is -2.06. The molecule has 0 fully saturated rings. The second-order valence-electron chi connectivity index (χ2n) is 4.20. The molecule has 94 valence electrons. The first-order valence-electron chi connectivity index (χ1n) is 6.20. The normalized spacial score (nSPS) is 10.3. The summed E-state index contributed by atoms with van der Waals surface area (Å²) in [5.41, 5.74) is 3.05. The highest BCUT2D eigenvalue weighted by atomic mass is 16.3. The van der Waals surface area contributed by atoms with Crippen molar-refractivity contribution in [2.24, 2.45) is 0 Å². The maximum absolute atomic E-state index is 5.56. The summed E-state index contributed by atoms with van der Waals surface area (Å²) in [4.78, 5) is 4.29. The van der Waals surface area contributed by atoms with Crippen LogP contribution in [-0.4, -0.2) is 4.98 Å². The fourth-order valence-corrected chi connectivity index (χ4v) is 1.95. The van der Waals surface area contributed by atoms with Crippen molar-refractivity contribution >= 4 is 5.69 Å². The van der Waals surface area contributed by atoms with Crippen LogP contribution in [0.4, 0.5) is 5.69 Å². The van der Waals surface area contributed by atoms with Crippen LogP contribution < -0.4 is 5.32 Å². The Bertz CT molecular complexity index is 632. The van der Waals surface area contributed by atoms with Crippen molar-refractivity contribution in [1.29, 1.82) is 0 Å². The van der Waals surface area contributed by atoms with Gasteiger partial charge in [0.25, 0.3) is 0 Å². The molecule has 3 nitrogen and oxygen atoms in total. The van der Waals surface area contributed by atoms with E-state index in [0.717, 1.165) is 22.7 Å². The van der Waals surface area contributed by atoms with Gasteiger partial charge in [0.05, 0.1) is 24.2 Å². The number of pyridine rings is 1. The SMILES string of the molecule is c1ccc(-c2occc2NCc2ccccn2)cc1. The van der Waals surface area contributed by atoms with Crippen LogP contribution in [0, 0.1) is 0 Å². The molecule has 0 unspecified atom stereocenters. The second kappa shape index (κ2) is 5.40. The lowest BCUT2D eigenvalue weighted by Crippen LogP contribution is -2.01. The third kappa shape index (κ3) is 2.65. The Hall–Kier alpha value is -2.55. The number of furan rings is 1. The molecule has 3 aromatic rings. The van der Waals surface area contributed by atoms with Crippen LogP contribution in [-0.2, 0) is 6.54 Å². The molecule has 19 heavy (non-hydrogen) atoms. The molecule has 3 rings (SSSR count). The topological polar surface area (TPSA) is 38.1 Å². The summed E-state index contributed by atoms with van der Waals surface area (Å²) in [7, 11) is 0. The van der Waals surface area contributed by atoms with Crippen LogP contribution in [0.2, 0.25) is 0 Å². The molecule has 0 saturated carbocycles. The summed E-state index contributed by atoms with van der Waals surface area (Å²) in [5, 5.41) is 3.35. The average molecular weight is 250 g/mol. The number of benzene rings is 1. The van der Waals surface area contributed by atoms with E-state index < -0.39 is 0 Å². The van der Waals surface area contributed by atoms with Crippen LogP contribution >= 0.6 is 0 Å². The number of anilines is 1. The van der Waals surface area contributed by atoms with Gasteiger partial charge in [-0.3, -0.25) is 4.98 Å². The van der Waals surface area contributed by atoms with E-state index >= 15 is 0 Å². The molecule has 1 N–H and O–H groups in total. The first-order valence-corrected chi connectivity index (χ1v) is 6.20. The van der Waals surface area contributed by atoms with Gasteiger partial charge in [-0.15, -0.1) is 0 Å². The summed E-state index contributed by atoms with van der Waals surface area (Å²) in [6.07, 6.45) is 3.49. The highest BCUT2D eigenvalue weighted by Gasteiger charge is 2.08. The Kier molecular flexibility index (Phi) is 3.28. The van der Waals surface area contributed by atoms with Crippen molar-refractivity contribution in [1.82, 2.24) is 4.98 Å². The summed E-state index contributed by atoms with van der Waals surface area (Å²) in [6.45, 7) is 0.681. The second-order valence-corrected chi connectivity index (χ2v) is 4.20. The number of rotatable bonds is 4. The Balaban J connectivity index is 1.78. The highest BCUT2D eigenvalue weighted by Crippen LogP contribution is 2.29. The van der Waals surface area contributed by atoms with Gasteiger partial charge >= 0.3 is 0 Å². The van der Waals surface area contributed by atoms with E-state index in [0.29, 0.717) is 6.54 Å². The third-order valence-corrected chi connectivity index (χ3v) is 2.89. The van der Waals surface area contributed by atoms with Crippen molar-refractivity contribution in [3.05, 3.63) is 72.8 Å². The smallest absolute Gasteiger partial charge is 0.156 e. The molecule has 0 saturated heterocycles. The van der Waals surface area contributed by atoms with Crippen LogP contribution in [0.3, 0.4) is 0 Å². The van der Waals surface area contributed by atoms with Gasteiger partial charge in [0.2, 0.25) is 0 Å². The number of nitrogens with one attached hydrogen (secondary N) is 1. The lowest BCUT2D eigenvalue weighted by atomic mass is 10.1. The molecule has 0 aliphatic rings. The molecule has 2 heterocycles. The number of hydrogen-bond donors (Lipinski definition) is 1. The van der Waals surface area contributed by atoms with Gasteiger partial charge in [-0.25, -0.2) is 0 Å². The zero-order chi connectivity index (χ0) is 12.9. The minimum Gasteiger partial charge on any atom is -0.462 e. The van der Waals surface area contributed by atoms with Crippen molar-refractivity contribution in [3.8, 4) is 11.3 Å².